The number of rotatable bonds is 7. The number of amides is 1. The highest BCUT2D eigenvalue weighted by atomic mass is 79.9. The third kappa shape index (κ3) is 5.72. The summed E-state index contributed by atoms with van der Waals surface area (Å²) in [4.78, 5) is 12.6. The van der Waals surface area contributed by atoms with Crippen molar-refractivity contribution < 1.29 is 19.0 Å². The predicted molar refractivity (Wildman–Crippen MR) is 113 cm³/mol. The highest BCUT2D eigenvalue weighted by Crippen LogP contribution is 2.28. The Labute approximate surface area is 174 Å². The van der Waals surface area contributed by atoms with Crippen molar-refractivity contribution in [3.63, 3.8) is 0 Å². The van der Waals surface area contributed by atoms with Crippen molar-refractivity contribution >= 4 is 27.5 Å². The van der Waals surface area contributed by atoms with Gasteiger partial charge in [0.15, 0.2) is 6.10 Å². The van der Waals surface area contributed by atoms with Gasteiger partial charge in [0.25, 0.3) is 5.91 Å². The first-order chi connectivity index (χ1) is 13.5. The van der Waals surface area contributed by atoms with E-state index in [9.17, 15) is 4.79 Å². The second-order valence-electron chi connectivity index (χ2n) is 6.98. The average molecular weight is 448 g/mol. The molecule has 2 aromatic rings. The molecule has 2 unspecified atom stereocenters. The van der Waals surface area contributed by atoms with Crippen LogP contribution in [0, 0.1) is 6.92 Å². The van der Waals surface area contributed by atoms with Gasteiger partial charge in [-0.25, -0.2) is 0 Å². The van der Waals surface area contributed by atoms with Crippen LogP contribution in [0.3, 0.4) is 0 Å². The number of ether oxygens (including phenoxy) is 3. The summed E-state index contributed by atoms with van der Waals surface area (Å²) in [5, 5.41) is 2.90. The predicted octanol–water partition coefficient (Wildman–Crippen LogP) is 5.11. The molecule has 3 rings (SSSR count). The lowest BCUT2D eigenvalue weighted by atomic mass is 10.1. The van der Waals surface area contributed by atoms with Crippen LogP contribution < -0.4 is 14.8 Å². The van der Waals surface area contributed by atoms with Gasteiger partial charge in [0, 0.05) is 6.61 Å². The molecule has 150 valence electrons. The molecule has 1 saturated heterocycles. The maximum absolute atomic E-state index is 12.6. The number of benzene rings is 2. The zero-order valence-corrected chi connectivity index (χ0v) is 17.8. The molecule has 0 aromatic heterocycles. The fourth-order valence-corrected chi connectivity index (χ4v) is 3.58. The molecule has 1 amide bonds. The van der Waals surface area contributed by atoms with E-state index in [1.54, 1.807) is 6.92 Å². The van der Waals surface area contributed by atoms with E-state index >= 15 is 0 Å². The molecule has 0 saturated carbocycles. The van der Waals surface area contributed by atoms with Crippen molar-refractivity contribution in [1.29, 1.82) is 0 Å². The van der Waals surface area contributed by atoms with Gasteiger partial charge in [0.05, 0.1) is 16.3 Å². The number of hydrogen-bond acceptors (Lipinski definition) is 4. The summed E-state index contributed by atoms with van der Waals surface area (Å²) in [6, 6.07) is 13.2. The van der Waals surface area contributed by atoms with E-state index in [1.165, 1.54) is 0 Å². The molecule has 0 radical (unpaired) electrons. The summed E-state index contributed by atoms with van der Waals surface area (Å²) < 4.78 is 18.3. The average Bonchev–Trinajstić information content (AvgIpc) is 2.70. The van der Waals surface area contributed by atoms with Gasteiger partial charge in [0.1, 0.15) is 18.1 Å². The number of carbonyl (C=O) groups excluding carboxylic acids is 1. The number of nitrogens with one attached hydrogen (secondary N) is 1. The van der Waals surface area contributed by atoms with E-state index in [-0.39, 0.29) is 12.0 Å². The van der Waals surface area contributed by atoms with Crippen molar-refractivity contribution in [2.45, 2.75) is 45.3 Å². The molecule has 2 aromatic carbocycles. The van der Waals surface area contributed by atoms with Gasteiger partial charge in [-0.2, -0.15) is 0 Å². The monoisotopic (exact) mass is 447 g/mol. The van der Waals surface area contributed by atoms with Crippen molar-refractivity contribution in [1.82, 2.24) is 0 Å². The van der Waals surface area contributed by atoms with E-state index in [2.05, 4.69) is 21.2 Å². The summed E-state index contributed by atoms with van der Waals surface area (Å²) >= 11 is 3.47. The summed E-state index contributed by atoms with van der Waals surface area (Å²) in [5.41, 5.74) is 1.74. The van der Waals surface area contributed by atoms with Gasteiger partial charge in [-0.05, 0) is 78.9 Å². The molecule has 6 heteroatoms. The summed E-state index contributed by atoms with van der Waals surface area (Å²) in [5.74, 6) is 1.03. The largest absolute Gasteiger partial charge is 0.489 e. The van der Waals surface area contributed by atoms with Gasteiger partial charge in [-0.1, -0.05) is 18.2 Å². The molecule has 0 spiro atoms. The quantitative estimate of drug-likeness (QED) is 0.640. The third-order valence-electron chi connectivity index (χ3n) is 4.60. The van der Waals surface area contributed by atoms with Crippen LogP contribution in [-0.4, -0.2) is 31.3 Å². The van der Waals surface area contributed by atoms with Gasteiger partial charge in [-0.3, -0.25) is 4.79 Å². The molecule has 1 N–H and O–H groups in total. The molecule has 1 aliphatic rings. The van der Waals surface area contributed by atoms with Crippen LogP contribution in [-0.2, 0) is 9.53 Å². The Morgan fingerprint density at radius 1 is 1.25 bits per heavy atom. The first-order valence-corrected chi connectivity index (χ1v) is 10.4. The van der Waals surface area contributed by atoms with Crippen LogP contribution in [0.5, 0.6) is 11.5 Å². The Balaban J connectivity index is 1.59. The normalized spacial score (nSPS) is 17.6. The van der Waals surface area contributed by atoms with Gasteiger partial charge in [-0.15, -0.1) is 0 Å². The van der Waals surface area contributed by atoms with Crippen LogP contribution in [0.1, 0.15) is 31.7 Å². The number of carbonyl (C=O) groups is 1. The molecule has 2 atom stereocenters. The maximum atomic E-state index is 12.6. The number of hydrogen-bond donors (Lipinski definition) is 1. The third-order valence-corrected chi connectivity index (χ3v) is 5.22. The number of aryl methyl sites for hydroxylation is 1. The molecule has 1 fully saturated rings. The molecule has 1 heterocycles. The van der Waals surface area contributed by atoms with Crippen molar-refractivity contribution in [3.05, 3.63) is 52.5 Å². The van der Waals surface area contributed by atoms with E-state index < -0.39 is 6.10 Å². The van der Waals surface area contributed by atoms with Crippen molar-refractivity contribution in [2.24, 2.45) is 0 Å². The summed E-state index contributed by atoms with van der Waals surface area (Å²) in [6.45, 7) is 4.99. The zero-order chi connectivity index (χ0) is 19.9. The summed E-state index contributed by atoms with van der Waals surface area (Å²) in [6.07, 6.45) is 2.73. The van der Waals surface area contributed by atoms with E-state index in [1.807, 2.05) is 49.4 Å². The van der Waals surface area contributed by atoms with Crippen molar-refractivity contribution in [2.75, 3.05) is 18.5 Å². The molecule has 28 heavy (non-hydrogen) atoms. The second kappa shape index (κ2) is 9.94. The van der Waals surface area contributed by atoms with Crippen LogP contribution in [0.2, 0.25) is 0 Å². The summed E-state index contributed by atoms with van der Waals surface area (Å²) in [7, 11) is 0. The Morgan fingerprint density at radius 3 is 2.82 bits per heavy atom. The topological polar surface area (TPSA) is 56.8 Å². The fourth-order valence-electron chi connectivity index (χ4n) is 3.00. The Bertz CT molecular complexity index is 805. The molecule has 0 aliphatic carbocycles. The second-order valence-corrected chi connectivity index (χ2v) is 7.83. The SMILES string of the molecule is Cc1ccc(OC(C)C(=O)Nc2ccccc2OCC2CCCCO2)c(Br)c1. The molecular weight excluding hydrogens is 422 g/mol. The van der Waals surface area contributed by atoms with Crippen LogP contribution >= 0.6 is 15.9 Å². The molecular formula is C22H26BrNO4. The smallest absolute Gasteiger partial charge is 0.265 e. The molecule has 1 aliphatic heterocycles. The highest BCUT2D eigenvalue weighted by Gasteiger charge is 2.19. The molecule has 0 bridgehead atoms. The van der Waals surface area contributed by atoms with Gasteiger partial charge < -0.3 is 19.5 Å². The van der Waals surface area contributed by atoms with Crippen LogP contribution in [0.25, 0.3) is 0 Å². The fraction of sp³-hybridized carbons (Fsp3) is 0.409. The standard InChI is InChI=1S/C22H26BrNO4/c1-15-10-11-20(18(23)13-15)28-16(2)22(25)24-19-8-3-4-9-21(19)27-14-17-7-5-6-12-26-17/h3-4,8-11,13,16-17H,5-7,12,14H2,1-2H3,(H,24,25). The highest BCUT2D eigenvalue weighted by molar-refractivity contribution is 9.10. The number of para-hydroxylation sites is 2. The van der Waals surface area contributed by atoms with E-state index in [4.69, 9.17) is 14.2 Å². The first-order valence-electron chi connectivity index (χ1n) is 9.60. The lowest BCUT2D eigenvalue weighted by Gasteiger charge is -2.23. The Hall–Kier alpha value is -2.05. The lowest BCUT2D eigenvalue weighted by Crippen LogP contribution is -2.30. The van der Waals surface area contributed by atoms with E-state index in [0.717, 1.165) is 35.9 Å². The van der Waals surface area contributed by atoms with Gasteiger partial charge >= 0.3 is 0 Å². The van der Waals surface area contributed by atoms with Crippen LogP contribution in [0.15, 0.2) is 46.9 Å². The van der Waals surface area contributed by atoms with Crippen molar-refractivity contribution in [3.8, 4) is 11.5 Å². The van der Waals surface area contributed by atoms with Gasteiger partial charge in [0.2, 0.25) is 0 Å². The Morgan fingerprint density at radius 2 is 2.07 bits per heavy atom. The van der Waals surface area contributed by atoms with E-state index in [0.29, 0.717) is 23.8 Å². The molecule has 5 nitrogen and oxygen atoms in total. The minimum absolute atomic E-state index is 0.110. The van der Waals surface area contributed by atoms with Crippen LogP contribution in [0.4, 0.5) is 5.69 Å². The maximum Gasteiger partial charge on any atom is 0.265 e. The lowest BCUT2D eigenvalue weighted by molar-refractivity contribution is -0.122. The first kappa shape index (κ1) is 20.7. The minimum Gasteiger partial charge on any atom is -0.489 e. The minimum atomic E-state index is -0.659. The number of halogens is 1. The number of anilines is 1. The zero-order valence-electron chi connectivity index (χ0n) is 16.2. The Kier molecular flexibility index (Phi) is 7.34.